The van der Waals surface area contributed by atoms with Crippen LogP contribution >= 0.6 is 22.6 Å². The summed E-state index contributed by atoms with van der Waals surface area (Å²) in [5.74, 6) is -0.373. The Labute approximate surface area is 93.5 Å². The number of aromatic nitrogens is 1. The van der Waals surface area contributed by atoms with Crippen LogP contribution in [-0.2, 0) is 0 Å². The summed E-state index contributed by atoms with van der Waals surface area (Å²) in [6, 6.07) is 6.82. The maximum Gasteiger partial charge on any atom is 0.138 e. The van der Waals surface area contributed by atoms with Gasteiger partial charge in [0, 0.05) is 11.6 Å². The molecule has 0 spiro atoms. The average Bonchev–Trinajstić information content (AvgIpc) is 2.20. The van der Waals surface area contributed by atoms with Crippen molar-refractivity contribution < 1.29 is 4.39 Å². The summed E-state index contributed by atoms with van der Waals surface area (Å²) in [6.45, 7) is 0. The zero-order chi connectivity index (χ0) is 10.1. The molecular formula is C10H4FIN2. The van der Waals surface area contributed by atoms with E-state index in [-0.39, 0.29) is 5.82 Å². The number of nitrogens with zero attached hydrogens (tertiary/aromatic N) is 2. The molecule has 0 amide bonds. The van der Waals surface area contributed by atoms with E-state index in [9.17, 15) is 4.39 Å². The van der Waals surface area contributed by atoms with Gasteiger partial charge in [-0.1, -0.05) is 6.07 Å². The van der Waals surface area contributed by atoms with Gasteiger partial charge in [0.25, 0.3) is 0 Å². The third-order valence-electron chi connectivity index (χ3n) is 1.90. The van der Waals surface area contributed by atoms with Gasteiger partial charge in [0.05, 0.1) is 14.7 Å². The van der Waals surface area contributed by atoms with Crippen LogP contribution < -0.4 is 0 Å². The maximum absolute atomic E-state index is 13.3. The molecule has 0 unspecified atom stereocenters. The molecular weight excluding hydrogens is 294 g/mol. The molecule has 2 rings (SSSR count). The molecule has 0 saturated carbocycles. The molecule has 0 aliphatic heterocycles. The Kier molecular flexibility index (Phi) is 2.33. The van der Waals surface area contributed by atoms with Gasteiger partial charge in [-0.3, -0.25) is 4.98 Å². The van der Waals surface area contributed by atoms with Crippen LogP contribution in [0.3, 0.4) is 0 Å². The van der Waals surface area contributed by atoms with Crippen LogP contribution in [0.15, 0.2) is 24.4 Å². The van der Waals surface area contributed by atoms with Crippen molar-refractivity contribution in [3.63, 3.8) is 0 Å². The second-order valence-corrected chi connectivity index (χ2v) is 3.81. The minimum atomic E-state index is -0.373. The highest BCUT2D eigenvalue weighted by atomic mass is 127. The van der Waals surface area contributed by atoms with Crippen LogP contribution in [0.2, 0.25) is 0 Å². The fourth-order valence-corrected chi connectivity index (χ4v) is 1.80. The second kappa shape index (κ2) is 3.50. The quantitative estimate of drug-likeness (QED) is 0.701. The lowest BCUT2D eigenvalue weighted by molar-refractivity contribution is 0.621. The summed E-state index contributed by atoms with van der Waals surface area (Å²) in [4.78, 5) is 4.06. The van der Waals surface area contributed by atoms with Crippen LogP contribution in [0.5, 0.6) is 0 Å². The normalized spacial score (nSPS) is 10.1. The van der Waals surface area contributed by atoms with Gasteiger partial charge in [-0.15, -0.1) is 0 Å². The standard InChI is InChI=1S/C10H4FIN2/c11-8-4-6-2-1-3-14-10(6)7(5-13)9(8)12/h1-4H. The van der Waals surface area contributed by atoms with E-state index < -0.39 is 0 Å². The van der Waals surface area contributed by atoms with Crippen molar-refractivity contribution in [3.05, 3.63) is 39.3 Å². The molecule has 0 radical (unpaired) electrons. The molecule has 2 nitrogen and oxygen atoms in total. The summed E-state index contributed by atoms with van der Waals surface area (Å²) >= 11 is 1.82. The molecule has 0 N–H and O–H groups in total. The molecule has 0 atom stereocenters. The first kappa shape index (κ1) is 9.34. The highest BCUT2D eigenvalue weighted by Gasteiger charge is 2.11. The van der Waals surface area contributed by atoms with Crippen LogP contribution in [0.4, 0.5) is 4.39 Å². The van der Waals surface area contributed by atoms with Crippen molar-refractivity contribution in [3.8, 4) is 6.07 Å². The van der Waals surface area contributed by atoms with Crippen LogP contribution in [-0.4, -0.2) is 4.98 Å². The van der Waals surface area contributed by atoms with Gasteiger partial charge in [0.1, 0.15) is 11.9 Å². The summed E-state index contributed by atoms with van der Waals surface area (Å²) in [5.41, 5.74) is 0.863. The smallest absolute Gasteiger partial charge is 0.138 e. The average molecular weight is 298 g/mol. The molecule has 0 aliphatic carbocycles. The third kappa shape index (κ3) is 1.34. The van der Waals surface area contributed by atoms with Gasteiger partial charge < -0.3 is 0 Å². The Bertz CT molecular complexity index is 546. The first-order valence-electron chi connectivity index (χ1n) is 3.87. The Hall–Kier alpha value is -1.22. The maximum atomic E-state index is 13.3. The van der Waals surface area contributed by atoms with E-state index in [4.69, 9.17) is 5.26 Å². The van der Waals surface area contributed by atoms with Crippen molar-refractivity contribution in [2.75, 3.05) is 0 Å². The van der Waals surface area contributed by atoms with Crippen LogP contribution in [0, 0.1) is 20.7 Å². The van der Waals surface area contributed by atoms with E-state index in [2.05, 4.69) is 4.98 Å². The third-order valence-corrected chi connectivity index (χ3v) is 2.95. The van der Waals surface area contributed by atoms with E-state index in [0.717, 1.165) is 0 Å². The number of hydrogen-bond donors (Lipinski definition) is 0. The SMILES string of the molecule is N#Cc1c(I)c(F)cc2cccnc12. The monoisotopic (exact) mass is 298 g/mol. The number of benzene rings is 1. The number of halogens is 2. The lowest BCUT2D eigenvalue weighted by Gasteiger charge is -2.02. The number of hydrogen-bond acceptors (Lipinski definition) is 2. The fourth-order valence-electron chi connectivity index (χ4n) is 1.27. The molecule has 1 heterocycles. The van der Waals surface area contributed by atoms with Gasteiger partial charge in [-0.2, -0.15) is 5.26 Å². The van der Waals surface area contributed by atoms with Crippen molar-refractivity contribution in [1.29, 1.82) is 5.26 Å². The van der Waals surface area contributed by atoms with Crippen molar-refractivity contribution in [1.82, 2.24) is 4.98 Å². The van der Waals surface area contributed by atoms with Gasteiger partial charge in [0.15, 0.2) is 0 Å². The molecule has 1 aromatic heterocycles. The molecule has 0 bridgehead atoms. The molecule has 0 fully saturated rings. The topological polar surface area (TPSA) is 36.7 Å². The van der Waals surface area contributed by atoms with Gasteiger partial charge in [-0.05, 0) is 34.7 Å². The zero-order valence-corrected chi connectivity index (χ0v) is 9.12. The van der Waals surface area contributed by atoms with E-state index in [1.54, 1.807) is 18.3 Å². The molecule has 0 saturated heterocycles. The largest absolute Gasteiger partial charge is 0.255 e. The lowest BCUT2D eigenvalue weighted by atomic mass is 10.1. The van der Waals surface area contributed by atoms with Gasteiger partial charge in [0.2, 0.25) is 0 Å². The summed E-state index contributed by atoms with van der Waals surface area (Å²) in [5, 5.41) is 9.53. The first-order chi connectivity index (χ1) is 6.74. The Morgan fingerprint density at radius 2 is 2.29 bits per heavy atom. The number of nitriles is 1. The highest BCUT2D eigenvalue weighted by molar-refractivity contribution is 14.1. The van der Waals surface area contributed by atoms with Crippen molar-refractivity contribution in [2.24, 2.45) is 0 Å². The minimum Gasteiger partial charge on any atom is -0.255 e. The molecule has 4 heteroatoms. The van der Waals surface area contributed by atoms with Crippen molar-refractivity contribution >= 4 is 33.5 Å². The van der Waals surface area contributed by atoms with E-state index in [0.29, 0.717) is 20.0 Å². The highest BCUT2D eigenvalue weighted by Crippen LogP contribution is 2.23. The Morgan fingerprint density at radius 3 is 3.00 bits per heavy atom. The molecule has 1 aromatic carbocycles. The van der Waals surface area contributed by atoms with Gasteiger partial charge in [-0.25, -0.2) is 4.39 Å². The zero-order valence-electron chi connectivity index (χ0n) is 6.96. The van der Waals surface area contributed by atoms with E-state index in [1.807, 2.05) is 28.7 Å². The molecule has 14 heavy (non-hydrogen) atoms. The Balaban J connectivity index is 2.98. The van der Waals surface area contributed by atoms with Gasteiger partial charge >= 0.3 is 0 Å². The molecule has 0 aliphatic rings. The van der Waals surface area contributed by atoms with E-state index in [1.165, 1.54) is 6.07 Å². The lowest BCUT2D eigenvalue weighted by Crippen LogP contribution is -1.92. The predicted octanol–water partition coefficient (Wildman–Crippen LogP) is 2.85. The second-order valence-electron chi connectivity index (χ2n) is 2.73. The molecule has 68 valence electrons. The Morgan fingerprint density at radius 1 is 1.50 bits per heavy atom. The number of pyridine rings is 1. The molecule has 2 aromatic rings. The van der Waals surface area contributed by atoms with Crippen molar-refractivity contribution in [2.45, 2.75) is 0 Å². The van der Waals surface area contributed by atoms with Crippen LogP contribution in [0.25, 0.3) is 10.9 Å². The predicted molar refractivity (Wildman–Crippen MR) is 59.1 cm³/mol. The minimum absolute atomic E-state index is 0.307. The summed E-state index contributed by atoms with van der Waals surface area (Å²) in [6.07, 6.45) is 1.59. The number of rotatable bonds is 0. The first-order valence-corrected chi connectivity index (χ1v) is 4.94. The van der Waals surface area contributed by atoms with Crippen LogP contribution in [0.1, 0.15) is 5.56 Å². The fraction of sp³-hybridized carbons (Fsp3) is 0. The summed E-state index contributed by atoms with van der Waals surface area (Å²) < 4.78 is 13.6. The number of fused-ring (bicyclic) bond motifs is 1. The van der Waals surface area contributed by atoms with E-state index >= 15 is 0 Å². The summed E-state index contributed by atoms with van der Waals surface area (Å²) in [7, 11) is 0.